The molecule has 1 rings (SSSR count). The lowest BCUT2D eigenvalue weighted by Crippen LogP contribution is -2.06. The van der Waals surface area contributed by atoms with Crippen molar-refractivity contribution in [2.45, 2.75) is 19.9 Å². The highest BCUT2D eigenvalue weighted by molar-refractivity contribution is 14.1. The van der Waals surface area contributed by atoms with Gasteiger partial charge < -0.3 is 5.73 Å². The number of nitrogens with two attached hydrogens (primary N) is 1. The fourth-order valence-electron chi connectivity index (χ4n) is 0.997. The van der Waals surface area contributed by atoms with Gasteiger partial charge in [-0.2, -0.15) is 0 Å². The van der Waals surface area contributed by atoms with Crippen LogP contribution in [0.5, 0.6) is 0 Å². The largest absolute Gasteiger partial charge is 0.325 e. The van der Waals surface area contributed by atoms with Crippen LogP contribution in [0.2, 0.25) is 0 Å². The number of hydrogen-bond acceptors (Lipinski definition) is 2. The van der Waals surface area contributed by atoms with Crippen molar-refractivity contribution in [1.29, 1.82) is 0 Å². The van der Waals surface area contributed by atoms with E-state index in [1.54, 1.807) is 6.92 Å². The molecule has 2 N–H and O–H groups in total. The summed E-state index contributed by atoms with van der Waals surface area (Å²) in [6.07, 6.45) is -2.53. The van der Waals surface area contributed by atoms with E-state index in [0.29, 0.717) is 5.69 Å². The molecular formula is C8H9F2IN2. The molecule has 0 aromatic carbocycles. The highest BCUT2D eigenvalue weighted by Crippen LogP contribution is 2.22. The molecule has 0 bridgehead atoms. The molecule has 5 heteroatoms. The van der Waals surface area contributed by atoms with Crippen LogP contribution in [0.25, 0.3) is 0 Å². The molecule has 0 aliphatic carbocycles. The van der Waals surface area contributed by atoms with Crippen molar-refractivity contribution in [3.63, 3.8) is 0 Å². The lowest BCUT2D eigenvalue weighted by Gasteiger charge is -2.07. The van der Waals surface area contributed by atoms with Crippen molar-refractivity contribution in [3.8, 4) is 0 Å². The molecule has 0 fully saturated rings. The summed E-state index contributed by atoms with van der Waals surface area (Å²) in [7, 11) is 0. The van der Waals surface area contributed by atoms with Crippen LogP contribution in [0.1, 0.15) is 23.4 Å². The van der Waals surface area contributed by atoms with E-state index in [1.165, 1.54) is 6.07 Å². The summed E-state index contributed by atoms with van der Waals surface area (Å²) in [5.74, 6) is 0. The Morgan fingerprint density at radius 3 is 2.69 bits per heavy atom. The lowest BCUT2D eigenvalue weighted by molar-refractivity contribution is 0.145. The average molecular weight is 298 g/mol. The fourth-order valence-corrected chi connectivity index (χ4v) is 1.49. The second-order valence-corrected chi connectivity index (χ2v) is 3.71. The molecule has 72 valence electrons. The maximum Gasteiger partial charge on any atom is 0.280 e. The summed E-state index contributed by atoms with van der Waals surface area (Å²) >= 11 is 2.06. The zero-order chi connectivity index (χ0) is 10.0. The Kier molecular flexibility index (Phi) is 3.55. The second kappa shape index (κ2) is 4.28. The highest BCUT2D eigenvalue weighted by Gasteiger charge is 2.13. The number of hydrogen-bond donors (Lipinski definition) is 1. The van der Waals surface area contributed by atoms with Crippen molar-refractivity contribution >= 4 is 22.6 Å². The first-order chi connectivity index (χ1) is 6.06. The number of pyridine rings is 1. The summed E-state index contributed by atoms with van der Waals surface area (Å²) in [6.45, 7) is 1.97. The monoisotopic (exact) mass is 298 g/mol. The smallest absolute Gasteiger partial charge is 0.280 e. The van der Waals surface area contributed by atoms with Gasteiger partial charge in [0.1, 0.15) is 5.69 Å². The van der Waals surface area contributed by atoms with Gasteiger partial charge in [0.25, 0.3) is 6.43 Å². The summed E-state index contributed by atoms with van der Waals surface area (Å²) < 4.78 is 25.4. The molecule has 2 nitrogen and oxygen atoms in total. The zero-order valence-corrected chi connectivity index (χ0v) is 9.18. The molecule has 0 saturated heterocycles. The number of aryl methyl sites for hydroxylation is 1. The third-order valence-electron chi connectivity index (χ3n) is 1.64. The molecule has 0 radical (unpaired) electrons. The van der Waals surface area contributed by atoms with Crippen molar-refractivity contribution in [2.75, 3.05) is 0 Å². The van der Waals surface area contributed by atoms with Gasteiger partial charge >= 0.3 is 0 Å². The van der Waals surface area contributed by atoms with E-state index in [-0.39, 0.29) is 12.2 Å². The van der Waals surface area contributed by atoms with Crippen LogP contribution in [0.15, 0.2) is 6.07 Å². The molecule has 0 aliphatic heterocycles. The quantitative estimate of drug-likeness (QED) is 0.852. The topological polar surface area (TPSA) is 38.9 Å². The average Bonchev–Trinajstić information content (AvgIpc) is 2.09. The Morgan fingerprint density at radius 1 is 1.62 bits per heavy atom. The Hall–Kier alpha value is -0.300. The summed E-state index contributed by atoms with van der Waals surface area (Å²) in [6, 6.07) is 1.39. The maximum atomic E-state index is 12.3. The lowest BCUT2D eigenvalue weighted by atomic mass is 10.2. The van der Waals surface area contributed by atoms with E-state index in [4.69, 9.17) is 5.73 Å². The van der Waals surface area contributed by atoms with Crippen LogP contribution in [0.4, 0.5) is 8.78 Å². The highest BCUT2D eigenvalue weighted by atomic mass is 127. The van der Waals surface area contributed by atoms with Crippen molar-refractivity contribution < 1.29 is 8.78 Å². The van der Waals surface area contributed by atoms with Crippen LogP contribution in [0.3, 0.4) is 0 Å². The number of halogens is 3. The molecule has 0 saturated carbocycles. The first kappa shape index (κ1) is 10.8. The van der Waals surface area contributed by atoms with Gasteiger partial charge in [-0.1, -0.05) is 0 Å². The minimum Gasteiger partial charge on any atom is -0.325 e. The van der Waals surface area contributed by atoms with Gasteiger partial charge in [0.05, 0.1) is 5.69 Å². The SMILES string of the molecule is Cc1cc(C(F)F)nc(CN)c1I. The first-order valence-corrected chi connectivity index (χ1v) is 4.78. The van der Waals surface area contributed by atoms with Crippen molar-refractivity contribution in [3.05, 3.63) is 26.6 Å². The molecule has 1 aromatic heterocycles. The number of alkyl halides is 2. The van der Waals surface area contributed by atoms with Gasteiger partial charge in [-0.05, 0) is 41.1 Å². The van der Waals surface area contributed by atoms with Crippen LogP contribution in [-0.4, -0.2) is 4.98 Å². The maximum absolute atomic E-state index is 12.3. The molecule has 0 amide bonds. The molecule has 13 heavy (non-hydrogen) atoms. The minimum atomic E-state index is -2.53. The zero-order valence-electron chi connectivity index (χ0n) is 7.02. The number of nitrogens with zero attached hydrogens (tertiary/aromatic N) is 1. The van der Waals surface area contributed by atoms with E-state index in [9.17, 15) is 8.78 Å². The van der Waals surface area contributed by atoms with Gasteiger partial charge in [0, 0.05) is 10.1 Å². The Bertz CT molecular complexity index is 315. The fraction of sp³-hybridized carbons (Fsp3) is 0.375. The van der Waals surface area contributed by atoms with Crippen LogP contribution >= 0.6 is 22.6 Å². The van der Waals surface area contributed by atoms with E-state index in [2.05, 4.69) is 27.6 Å². The van der Waals surface area contributed by atoms with E-state index in [0.717, 1.165) is 9.13 Å². The normalized spacial score (nSPS) is 10.9. The second-order valence-electron chi connectivity index (χ2n) is 2.63. The van der Waals surface area contributed by atoms with Crippen molar-refractivity contribution in [1.82, 2.24) is 4.98 Å². The minimum absolute atomic E-state index is 0.194. The molecule has 0 aliphatic rings. The van der Waals surface area contributed by atoms with E-state index in [1.807, 2.05) is 0 Å². The van der Waals surface area contributed by atoms with Gasteiger partial charge in [-0.25, -0.2) is 13.8 Å². The predicted octanol–water partition coefficient (Wildman–Crippen LogP) is 2.39. The Balaban J connectivity index is 3.22. The number of rotatable bonds is 2. The third kappa shape index (κ3) is 2.34. The van der Waals surface area contributed by atoms with Gasteiger partial charge in [-0.3, -0.25) is 0 Å². The molecule has 0 atom stereocenters. The molecule has 1 aromatic rings. The van der Waals surface area contributed by atoms with Gasteiger partial charge in [-0.15, -0.1) is 0 Å². The molecule has 0 spiro atoms. The molecule has 1 heterocycles. The van der Waals surface area contributed by atoms with Crippen LogP contribution in [-0.2, 0) is 6.54 Å². The van der Waals surface area contributed by atoms with E-state index < -0.39 is 6.43 Å². The predicted molar refractivity (Wildman–Crippen MR) is 54.5 cm³/mol. The standard InChI is InChI=1S/C8H9F2IN2/c1-4-2-5(8(9)10)13-6(3-12)7(4)11/h2,8H,3,12H2,1H3. The van der Waals surface area contributed by atoms with Gasteiger partial charge in [0.2, 0.25) is 0 Å². The van der Waals surface area contributed by atoms with Gasteiger partial charge in [0.15, 0.2) is 0 Å². The first-order valence-electron chi connectivity index (χ1n) is 3.70. The van der Waals surface area contributed by atoms with E-state index >= 15 is 0 Å². The summed E-state index contributed by atoms with van der Waals surface area (Å²) in [4.78, 5) is 3.77. The Morgan fingerprint density at radius 2 is 2.23 bits per heavy atom. The van der Waals surface area contributed by atoms with Crippen LogP contribution < -0.4 is 5.73 Å². The number of aromatic nitrogens is 1. The van der Waals surface area contributed by atoms with Crippen LogP contribution in [0, 0.1) is 10.5 Å². The van der Waals surface area contributed by atoms with Crippen molar-refractivity contribution in [2.24, 2.45) is 5.73 Å². The third-order valence-corrected chi connectivity index (χ3v) is 3.12. The summed E-state index contributed by atoms with van der Waals surface area (Å²) in [5.41, 5.74) is 6.52. The summed E-state index contributed by atoms with van der Waals surface area (Å²) in [5, 5.41) is 0. The molecular weight excluding hydrogens is 289 g/mol. The molecule has 0 unspecified atom stereocenters. The Labute approximate surface area is 88.7 Å².